The molecule has 0 aliphatic carbocycles. The fourth-order valence-electron chi connectivity index (χ4n) is 3.30. The van der Waals surface area contributed by atoms with Crippen LogP contribution in [-0.4, -0.2) is 20.2 Å². The molecule has 1 N–H and O–H groups in total. The van der Waals surface area contributed by atoms with Crippen LogP contribution in [0.3, 0.4) is 0 Å². The van der Waals surface area contributed by atoms with Crippen LogP contribution in [0, 0.1) is 13.8 Å². The van der Waals surface area contributed by atoms with Crippen molar-refractivity contribution in [2.45, 2.75) is 20.8 Å². The van der Waals surface area contributed by atoms with Gasteiger partial charge in [-0.1, -0.05) is 24.3 Å². The molecule has 0 aliphatic rings. The SMILES string of the molecule is CC(=O)c1cccc(-c2cnc(Nc3cc(C)cc(C)c3)c3nccn23)c1. The molecule has 0 amide bonds. The zero-order chi connectivity index (χ0) is 19.0. The Morgan fingerprint density at radius 2 is 1.81 bits per heavy atom. The van der Waals surface area contributed by atoms with Crippen LogP contribution in [0.2, 0.25) is 0 Å². The average Bonchev–Trinajstić information content (AvgIpc) is 3.11. The van der Waals surface area contributed by atoms with Crippen LogP contribution in [0.1, 0.15) is 28.4 Å². The van der Waals surface area contributed by atoms with Gasteiger partial charge in [0.2, 0.25) is 0 Å². The summed E-state index contributed by atoms with van der Waals surface area (Å²) in [7, 11) is 0. The lowest BCUT2D eigenvalue weighted by atomic mass is 10.1. The van der Waals surface area contributed by atoms with Gasteiger partial charge >= 0.3 is 0 Å². The van der Waals surface area contributed by atoms with Gasteiger partial charge in [-0.05, 0) is 50.1 Å². The van der Waals surface area contributed by atoms with Crippen molar-refractivity contribution in [2.75, 3.05) is 5.32 Å². The summed E-state index contributed by atoms with van der Waals surface area (Å²) in [6, 6.07) is 13.9. The van der Waals surface area contributed by atoms with Gasteiger partial charge in [-0.3, -0.25) is 9.20 Å². The van der Waals surface area contributed by atoms with Gasteiger partial charge in [-0.25, -0.2) is 9.97 Å². The van der Waals surface area contributed by atoms with E-state index in [1.165, 1.54) is 11.1 Å². The maximum Gasteiger partial charge on any atom is 0.180 e. The summed E-state index contributed by atoms with van der Waals surface area (Å²) in [6.07, 6.45) is 5.46. The van der Waals surface area contributed by atoms with Crippen molar-refractivity contribution in [3.63, 3.8) is 0 Å². The molecule has 4 aromatic rings. The molecule has 2 aromatic carbocycles. The molecule has 0 bridgehead atoms. The largest absolute Gasteiger partial charge is 0.337 e. The van der Waals surface area contributed by atoms with Crippen LogP contribution in [0.15, 0.2) is 61.1 Å². The Bertz CT molecular complexity index is 1140. The van der Waals surface area contributed by atoms with Crippen LogP contribution in [-0.2, 0) is 0 Å². The molecule has 0 spiro atoms. The number of nitrogens with zero attached hydrogens (tertiary/aromatic N) is 3. The highest BCUT2D eigenvalue weighted by molar-refractivity contribution is 5.95. The second kappa shape index (κ2) is 6.68. The van der Waals surface area contributed by atoms with Gasteiger partial charge in [0.25, 0.3) is 0 Å². The highest BCUT2D eigenvalue weighted by Crippen LogP contribution is 2.26. The molecule has 0 fully saturated rings. The van der Waals surface area contributed by atoms with Gasteiger partial charge in [0.15, 0.2) is 17.2 Å². The van der Waals surface area contributed by atoms with Crippen molar-refractivity contribution in [2.24, 2.45) is 0 Å². The number of carbonyl (C=O) groups is 1. The van der Waals surface area contributed by atoms with E-state index in [2.05, 4.69) is 47.3 Å². The molecule has 0 unspecified atom stereocenters. The molecule has 134 valence electrons. The average molecular weight is 356 g/mol. The molecule has 0 radical (unpaired) electrons. The maximum atomic E-state index is 11.7. The third-order valence-corrected chi connectivity index (χ3v) is 4.48. The number of anilines is 2. The maximum absolute atomic E-state index is 11.7. The van der Waals surface area contributed by atoms with E-state index in [0.29, 0.717) is 11.4 Å². The van der Waals surface area contributed by atoms with E-state index < -0.39 is 0 Å². The first-order valence-corrected chi connectivity index (χ1v) is 8.80. The molecule has 0 saturated carbocycles. The van der Waals surface area contributed by atoms with Gasteiger partial charge in [0.05, 0.1) is 11.9 Å². The number of benzene rings is 2. The van der Waals surface area contributed by atoms with Gasteiger partial charge < -0.3 is 5.32 Å². The molecular formula is C22H20N4O. The Balaban J connectivity index is 1.79. The molecule has 0 saturated heterocycles. The predicted molar refractivity (Wildman–Crippen MR) is 108 cm³/mol. The van der Waals surface area contributed by atoms with Gasteiger partial charge in [0.1, 0.15) is 0 Å². The number of aromatic nitrogens is 3. The lowest BCUT2D eigenvalue weighted by Crippen LogP contribution is -2.01. The zero-order valence-corrected chi connectivity index (χ0v) is 15.5. The zero-order valence-electron chi connectivity index (χ0n) is 15.5. The highest BCUT2D eigenvalue weighted by atomic mass is 16.1. The molecule has 0 aliphatic heterocycles. The molecule has 5 nitrogen and oxygen atoms in total. The number of imidazole rings is 1. The van der Waals surface area contributed by atoms with E-state index in [1.54, 1.807) is 19.3 Å². The van der Waals surface area contributed by atoms with Crippen LogP contribution in [0.4, 0.5) is 11.5 Å². The number of carbonyl (C=O) groups excluding carboxylic acids is 1. The summed E-state index contributed by atoms with van der Waals surface area (Å²) in [6.45, 7) is 5.71. The molecule has 27 heavy (non-hydrogen) atoms. The molecular weight excluding hydrogens is 336 g/mol. The van der Waals surface area contributed by atoms with Crippen LogP contribution in [0.5, 0.6) is 0 Å². The fourth-order valence-corrected chi connectivity index (χ4v) is 3.30. The summed E-state index contributed by atoms with van der Waals surface area (Å²) in [5.74, 6) is 0.733. The lowest BCUT2D eigenvalue weighted by molar-refractivity contribution is 0.101. The lowest BCUT2D eigenvalue weighted by Gasteiger charge is -2.12. The number of ketones is 1. The number of hydrogen-bond acceptors (Lipinski definition) is 4. The minimum atomic E-state index is 0.0415. The van der Waals surface area contributed by atoms with Crippen molar-refractivity contribution < 1.29 is 4.79 Å². The van der Waals surface area contributed by atoms with E-state index in [9.17, 15) is 4.79 Å². The summed E-state index contributed by atoms with van der Waals surface area (Å²) in [4.78, 5) is 20.8. The summed E-state index contributed by atoms with van der Waals surface area (Å²) in [5.41, 5.74) is 6.59. The normalized spacial score (nSPS) is 10.9. The number of hydrogen-bond donors (Lipinski definition) is 1. The van der Waals surface area contributed by atoms with Crippen molar-refractivity contribution >= 4 is 22.9 Å². The smallest absolute Gasteiger partial charge is 0.180 e. The Kier molecular flexibility index (Phi) is 4.20. The third-order valence-electron chi connectivity index (χ3n) is 4.48. The van der Waals surface area contributed by atoms with Crippen molar-refractivity contribution in [3.8, 4) is 11.3 Å². The Morgan fingerprint density at radius 1 is 1.04 bits per heavy atom. The van der Waals surface area contributed by atoms with Crippen LogP contribution >= 0.6 is 0 Å². The van der Waals surface area contributed by atoms with E-state index in [4.69, 9.17) is 0 Å². The minimum Gasteiger partial charge on any atom is -0.337 e. The third kappa shape index (κ3) is 3.31. The predicted octanol–water partition coefficient (Wildman–Crippen LogP) is 4.96. The first kappa shape index (κ1) is 17.0. The van der Waals surface area contributed by atoms with Gasteiger partial charge in [-0.2, -0.15) is 0 Å². The molecule has 0 atom stereocenters. The number of rotatable bonds is 4. The van der Waals surface area contributed by atoms with Crippen molar-refractivity contribution in [3.05, 3.63) is 77.7 Å². The van der Waals surface area contributed by atoms with Crippen molar-refractivity contribution in [1.82, 2.24) is 14.4 Å². The first-order chi connectivity index (χ1) is 13.0. The number of nitrogens with one attached hydrogen (secondary N) is 1. The van der Waals surface area contributed by atoms with Crippen LogP contribution < -0.4 is 5.32 Å². The quantitative estimate of drug-likeness (QED) is 0.525. The second-order valence-electron chi connectivity index (χ2n) is 6.75. The van der Waals surface area contributed by atoms with Crippen molar-refractivity contribution in [1.29, 1.82) is 0 Å². The molecule has 4 rings (SSSR count). The van der Waals surface area contributed by atoms with E-state index in [0.717, 1.165) is 22.6 Å². The van der Waals surface area contributed by atoms with E-state index in [-0.39, 0.29) is 5.78 Å². The molecule has 2 heterocycles. The van der Waals surface area contributed by atoms with Crippen LogP contribution in [0.25, 0.3) is 16.9 Å². The Hall–Kier alpha value is -3.47. The standard InChI is InChI=1S/C22H20N4O/c1-14-9-15(2)11-19(10-14)25-21-22-23-7-8-26(22)20(13-24-21)18-6-4-5-17(12-18)16(3)27/h4-13H,1-3H3,(H,24,25). The number of aryl methyl sites for hydroxylation is 2. The topological polar surface area (TPSA) is 59.3 Å². The molecule has 2 aromatic heterocycles. The molecule has 5 heteroatoms. The van der Waals surface area contributed by atoms with E-state index >= 15 is 0 Å². The summed E-state index contributed by atoms with van der Waals surface area (Å²) < 4.78 is 1.98. The summed E-state index contributed by atoms with van der Waals surface area (Å²) >= 11 is 0. The van der Waals surface area contributed by atoms with Gasteiger partial charge in [-0.15, -0.1) is 0 Å². The highest BCUT2D eigenvalue weighted by Gasteiger charge is 2.12. The van der Waals surface area contributed by atoms with Gasteiger partial charge in [0, 0.05) is 29.2 Å². The summed E-state index contributed by atoms with van der Waals surface area (Å²) in [5, 5.41) is 3.37. The monoisotopic (exact) mass is 356 g/mol. The minimum absolute atomic E-state index is 0.0415. The Labute approximate surface area is 157 Å². The number of fused-ring (bicyclic) bond motifs is 1. The number of Topliss-reactive ketones (excluding diaryl/α,β-unsaturated/α-hetero) is 1. The first-order valence-electron chi connectivity index (χ1n) is 8.80. The second-order valence-corrected chi connectivity index (χ2v) is 6.75. The van der Waals surface area contributed by atoms with E-state index in [1.807, 2.05) is 34.9 Å². The fraction of sp³-hybridized carbons (Fsp3) is 0.136. The Morgan fingerprint density at radius 3 is 2.56 bits per heavy atom.